The van der Waals surface area contributed by atoms with Crippen LogP contribution in [0.2, 0.25) is 5.02 Å². The first-order valence-electron chi connectivity index (χ1n) is 6.91. The van der Waals surface area contributed by atoms with E-state index in [1.165, 1.54) is 11.1 Å². The Balaban J connectivity index is 1.89. The molecule has 1 unspecified atom stereocenters. The summed E-state index contributed by atoms with van der Waals surface area (Å²) in [5.41, 5.74) is 10.7. The summed E-state index contributed by atoms with van der Waals surface area (Å²) < 4.78 is 0. The molecule has 0 aromatic heterocycles. The van der Waals surface area contributed by atoms with E-state index in [2.05, 4.69) is 36.4 Å². The van der Waals surface area contributed by atoms with Crippen molar-refractivity contribution in [2.75, 3.05) is 0 Å². The molecule has 0 aliphatic heterocycles. The lowest BCUT2D eigenvalue weighted by Crippen LogP contribution is -2.12. The first-order valence-corrected chi connectivity index (χ1v) is 7.29. The predicted octanol–water partition coefficient (Wildman–Crippen LogP) is 5.06. The van der Waals surface area contributed by atoms with E-state index in [0.717, 1.165) is 11.1 Å². The van der Waals surface area contributed by atoms with Gasteiger partial charge in [0.2, 0.25) is 0 Å². The van der Waals surface area contributed by atoms with Crippen LogP contribution in [0.15, 0.2) is 78.9 Å². The summed E-state index contributed by atoms with van der Waals surface area (Å²) in [5, 5.41) is 0.706. The highest BCUT2D eigenvalue weighted by atomic mass is 35.5. The van der Waals surface area contributed by atoms with Gasteiger partial charge >= 0.3 is 0 Å². The lowest BCUT2D eigenvalue weighted by Gasteiger charge is -2.14. The summed E-state index contributed by atoms with van der Waals surface area (Å²) in [6, 6.07) is 26.1. The Hall–Kier alpha value is -2.09. The van der Waals surface area contributed by atoms with Gasteiger partial charge in [0.15, 0.2) is 0 Å². The van der Waals surface area contributed by atoms with Crippen molar-refractivity contribution in [1.29, 1.82) is 0 Å². The summed E-state index contributed by atoms with van der Waals surface area (Å²) in [7, 11) is 0. The molecule has 0 spiro atoms. The summed E-state index contributed by atoms with van der Waals surface area (Å²) in [6.45, 7) is 0. The van der Waals surface area contributed by atoms with Gasteiger partial charge in [0.1, 0.15) is 0 Å². The van der Waals surface area contributed by atoms with Crippen molar-refractivity contribution in [2.45, 2.75) is 6.04 Å². The lowest BCUT2D eigenvalue weighted by atomic mass is 9.97. The van der Waals surface area contributed by atoms with Crippen LogP contribution in [0.1, 0.15) is 17.2 Å². The van der Waals surface area contributed by atoms with Crippen molar-refractivity contribution >= 4 is 11.6 Å². The maximum atomic E-state index is 6.32. The molecule has 0 bridgehead atoms. The van der Waals surface area contributed by atoms with Gasteiger partial charge in [-0.15, -0.1) is 0 Å². The van der Waals surface area contributed by atoms with Crippen LogP contribution < -0.4 is 5.73 Å². The Kier molecular flexibility index (Phi) is 4.05. The fraction of sp³-hybridized carbons (Fsp3) is 0.0526. The van der Waals surface area contributed by atoms with E-state index >= 15 is 0 Å². The van der Waals surface area contributed by atoms with Gasteiger partial charge in [-0.2, -0.15) is 0 Å². The van der Waals surface area contributed by atoms with Crippen molar-refractivity contribution in [3.63, 3.8) is 0 Å². The molecule has 3 rings (SSSR count). The molecule has 3 aromatic carbocycles. The lowest BCUT2D eigenvalue weighted by molar-refractivity contribution is 0.872. The largest absolute Gasteiger partial charge is 0.320 e. The molecule has 0 fully saturated rings. The van der Waals surface area contributed by atoms with Gasteiger partial charge in [-0.25, -0.2) is 0 Å². The van der Waals surface area contributed by atoms with E-state index < -0.39 is 0 Å². The minimum absolute atomic E-state index is 0.205. The molecule has 0 radical (unpaired) electrons. The number of halogens is 1. The van der Waals surface area contributed by atoms with Crippen LogP contribution in [0.3, 0.4) is 0 Å². The summed E-state index contributed by atoms with van der Waals surface area (Å²) in [4.78, 5) is 0. The first kappa shape index (κ1) is 13.9. The van der Waals surface area contributed by atoms with Gasteiger partial charge in [0.25, 0.3) is 0 Å². The van der Waals surface area contributed by atoms with Crippen molar-refractivity contribution in [1.82, 2.24) is 0 Å². The Morgan fingerprint density at radius 1 is 0.667 bits per heavy atom. The average Bonchev–Trinajstić information content (AvgIpc) is 2.56. The summed E-state index contributed by atoms with van der Waals surface area (Å²) >= 11 is 6.22. The van der Waals surface area contributed by atoms with Gasteiger partial charge in [0, 0.05) is 5.02 Å². The third-order valence-electron chi connectivity index (χ3n) is 3.62. The number of benzene rings is 3. The zero-order valence-corrected chi connectivity index (χ0v) is 12.3. The van der Waals surface area contributed by atoms with E-state index in [4.69, 9.17) is 17.3 Å². The van der Waals surface area contributed by atoms with Crippen molar-refractivity contribution in [3.8, 4) is 11.1 Å². The Bertz CT molecular complexity index is 720. The van der Waals surface area contributed by atoms with Gasteiger partial charge in [-0.1, -0.05) is 84.4 Å². The molecule has 21 heavy (non-hydrogen) atoms. The smallest absolute Gasteiger partial charge is 0.0566 e. The molecular formula is C19H16ClN. The highest BCUT2D eigenvalue weighted by Crippen LogP contribution is 2.28. The van der Waals surface area contributed by atoms with Crippen LogP contribution in [0.5, 0.6) is 0 Å². The van der Waals surface area contributed by atoms with E-state index in [0.29, 0.717) is 5.02 Å². The molecule has 2 N–H and O–H groups in total. The molecule has 0 heterocycles. The van der Waals surface area contributed by atoms with Crippen LogP contribution in [0, 0.1) is 0 Å². The van der Waals surface area contributed by atoms with Gasteiger partial charge in [-0.05, 0) is 28.3 Å². The fourth-order valence-electron chi connectivity index (χ4n) is 2.42. The van der Waals surface area contributed by atoms with Gasteiger partial charge in [-0.3, -0.25) is 0 Å². The third-order valence-corrected chi connectivity index (χ3v) is 3.96. The molecule has 0 saturated carbocycles. The number of hydrogen-bond donors (Lipinski definition) is 1. The molecule has 0 saturated heterocycles. The van der Waals surface area contributed by atoms with Crippen molar-refractivity contribution < 1.29 is 0 Å². The standard InChI is InChI=1S/C19H16ClN/c20-18-9-5-4-8-17(18)19(21)16-12-10-15(11-13-16)14-6-2-1-3-7-14/h1-13,19H,21H2. The van der Waals surface area contributed by atoms with Crippen LogP contribution in [-0.4, -0.2) is 0 Å². The Morgan fingerprint density at radius 2 is 1.24 bits per heavy atom. The molecule has 3 aromatic rings. The zero-order valence-electron chi connectivity index (χ0n) is 11.5. The van der Waals surface area contributed by atoms with Gasteiger partial charge < -0.3 is 5.73 Å². The second kappa shape index (κ2) is 6.13. The monoisotopic (exact) mass is 293 g/mol. The third kappa shape index (κ3) is 2.99. The van der Waals surface area contributed by atoms with Crippen LogP contribution in [0.4, 0.5) is 0 Å². The first-order chi connectivity index (χ1) is 10.3. The quantitative estimate of drug-likeness (QED) is 0.718. The Morgan fingerprint density at radius 3 is 1.90 bits per heavy atom. The molecule has 0 aliphatic rings. The Labute approximate surface area is 130 Å². The molecule has 1 atom stereocenters. The van der Waals surface area contributed by atoms with Crippen LogP contribution in [0.25, 0.3) is 11.1 Å². The van der Waals surface area contributed by atoms with Gasteiger partial charge in [0.05, 0.1) is 6.04 Å². The molecule has 0 amide bonds. The molecular weight excluding hydrogens is 278 g/mol. The van der Waals surface area contributed by atoms with E-state index in [1.54, 1.807) is 0 Å². The van der Waals surface area contributed by atoms with Crippen molar-refractivity contribution in [3.05, 3.63) is 95.0 Å². The van der Waals surface area contributed by atoms with E-state index in [-0.39, 0.29) is 6.04 Å². The predicted molar refractivity (Wildman–Crippen MR) is 89.4 cm³/mol. The summed E-state index contributed by atoms with van der Waals surface area (Å²) in [5.74, 6) is 0. The SMILES string of the molecule is NC(c1ccc(-c2ccccc2)cc1)c1ccccc1Cl. The fourth-order valence-corrected chi connectivity index (χ4v) is 2.67. The minimum Gasteiger partial charge on any atom is -0.320 e. The molecule has 104 valence electrons. The van der Waals surface area contributed by atoms with E-state index in [1.807, 2.05) is 42.5 Å². The highest BCUT2D eigenvalue weighted by molar-refractivity contribution is 6.31. The highest BCUT2D eigenvalue weighted by Gasteiger charge is 2.11. The second-order valence-electron chi connectivity index (χ2n) is 4.99. The van der Waals surface area contributed by atoms with E-state index in [9.17, 15) is 0 Å². The number of rotatable bonds is 3. The normalized spacial score (nSPS) is 12.1. The zero-order chi connectivity index (χ0) is 14.7. The van der Waals surface area contributed by atoms with Crippen LogP contribution in [-0.2, 0) is 0 Å². The number of hydrogen-bond acceptors (Lipinski definition) is 1. The average molecular weight is 294 g/mol. The maximum absolute atomic E-state index is 6.32. The minimum atomic E-state index is -0.205. The second-order valence-corrected chi connectivity index (χ2v) is 5.39. The number of nitrogens with two attached hydrogens (primary N) is 1. The van der Waals surface area contributed by atoms with Crippen molar-refractivity contribution in [2.24, 2.45) is 5.73 Å². The molecule has 2 heteroatoms. The maximum Gasteiger partial charge on any atom is 0.0566 e. The topological polar surface area (TPSA) is 26.0 Å². The summed E-state index contributed by atoms with van der Waals surface area (Å²) in [6.07, 6.45) is 0. The molecule has 0 aliphatic carbocycles. The van der Waals surface area contributed by atoms with Crippen LogP contribution >= 0.6 is 11.6 Å². The molecule has 1 nitrogen and oxygen atoms in total.